The van der Waals surface area contributed by atoms with Gasteiger partial charge in [-0.1, -0.05) is 20.8 Å². The highest BCUT2D eigenvalue weighted by atomic mass is 32.2. The molecule has 0 saturated carbocycles. The number of hydrogen-bond acceptors (Lipinski definition) is 4. The molecule has 0 atom stereocenters. The van der Waals surface area contributed by atoms with Gasteiger partial charge in [-0.2, -0.15) is 0 Å². The minimum Gasteiger partial charge on any atom is -0.366 e. The molecular formula is C17H27N3O4S. The molecule has 0 spiro atoms. The summed E-state index contributed by atoms with van der Waals surface area (Å²) in [4.78, 5) is 25.9. The van der Waals surface area contributed by atoms with E-state index in [0.29, 0.717) is 13.1 Å². The van der Waals surface area contributed by atoms with Crippen molar-refractivity contribution < 1.29 is 18.0 Å². The lowest BCUT2D eigenvalue weighted by Gasteiger charge is -2.22. The molecule has 25 heavy (non-hydrogen) atoms. The molecule has 0 saturated heterocycles. The Labute approximate surface area is 149 Å². The van der Waals surface area contributed by atoms with Gasteiger partial charge in [-0.25, -0.2) is 12.7 Å². The van der Waals surface area contributed by atoms with Crippen molar-refractivity contribution in [2.75, 3.05) is 26.7 Å². The molecule has 140 valence electrons. The van der Waals surface area contributed by atoms with E-state index in [-0.39, 0.29) is 28.5 Å². The standard InChI is InChI=1S/C17H27N3O4S/c1-5-8-20(9-6-2)17(22)14-10-13(16(18)21)11-15(12-14)25(23,24)19(4)7-3/h10-12H,5-9H2,1-4H3,(H2,18,21). The lowest BCUT2D eigenvalue weighted by molar-refractivity contribution is 0.0755. The Morgan fingerprint density at radius 2 is 1.52 bits per heavy atom. The maximum absolute atomic E-state index is 12.8. The number of amides is 2. The highest BCUT2D eigenvalue weighted by Crippen LogP contribution is 2.20. The average Bonchev–Trinajstić information content (AvgIpc) is 2.59. The van der Waals surface area contributed by atoms with Crippen LogP contribution < -0.4 is 5.73 Å². The zero-order valence-electron chi connectivity index (χ0n) is 15.3. The molecule has 0 aliphatic heterocycles. The molecule has 0 bridgehead atoms. The minimum atomic E-state index is -3.80. The van der Waals surface area contributed by atoms with Gasteiger partial charge in [0.2, 0.25) is 15.9 Å². The molecule has 2 N–H and O–H groups in total. The van der Waals surface area contributed by atoms with E-state index in [1.807, 2.05) is 13.8 Å². The van der Waals surface area contributed by atoms with E-state index in [1.165, 1.54) is 25.2 Å². The number of primary amides is 1. The van der Waals surface area contributed by atoms with Gasteiger partial charge in [-0.3, -0.25) is 9.59 Å². The monoisotopic (exact) mass is 369 g/mol. The molecule has 8 heteroatoms. The first-order valence-corrected chi connectivity index (χ1v) is 9.83. The van der Waals surface area contributed by atoms with Crippen LogP contribution in [0.3, 0.4) is 0 Å². The van der Waals surface area contributed by atoms with E-state index in [4.69, 9.17) is 5.73 Å². The molecule has 1 aromatic carbocycles. The molecule has 0 heterocycles. The number of nitrogens with zero attached hydrogens (tertiary/aromatic N) is 2. The third-order valence-electron chi connectivity index (χ3n) is 3.87. The fraction of sp³-hybridized carbons (Fsp3) is 0.529. The zero-order valence-corrected chi connectivity index (χ0v) is 16.1. The molecule has 0 aliphatic carbocycles. The molecule has 0 fully saturated rings. The second kappa shape index (κ2) is 8.96. The number of nitrogens with two attached hydrogens (primary N) is 1. The predicted octanol–water partition coefficient (Wildman–Crippen LogP) is 1.69. The van der Waals surface area contributed by atoms with Crippen molar-refractivity contribution in [2.45, 2.75) is 38.5 Å². The second-order valence-electron chi connectivity index (χ2n) is 5.82. The lowest BCUT2D eigenvalue weighted by atomic mass is 10.1. The van der Waals surface area contributed by atoms with Crippen LogP contribution >= 0.6 is 0 Å². The Kier molecular flexibility index (Phi) is 7.57. The Hall–Kier alpha value is -1.93. The minimum absolute atomic E-state index is 0.00174. The number of rotatable bonds is 9. The summed E-state index contributed by atoms with van der Waals surface area (Å²) in [6, 6.07) is 3.88. The van der Waals surface area contributed by atoms with Gasteiger partial charge in [0, 0.05) is 37.8 Å². The summed E-state index contributed by atoms with van der Waals surface area (Å²) in [5.74, 6) is -1.08. The van der Waals surface area contributed by atoms with Crippen molar-refractivity contribution in [3.63, 3.8) is 0 Å². The van der Waals surface area contributed by atoms with Crippen molar-refractivity contribution in [3.8, 4) is 0 Å². The topological polar surface area (TPSA) is 101 Å². The maximum atomic E-state index is 12.8. The highest BCUT2D eigenvalue weighted by molar-refractivity contribution is 7.89. The van der Waals surface area contributed by atoms with E-state index in [0.717, 1.165) is 17.1 Å². The molecule has 1 aromatic rings. The Balaban J connectivity index is 3.46. The van der Waals surface area contributed by atoms with Crippen LogP contribution in [-0.4, -0.2) is 56.1 Å². The zero-order chi connectivity index (χ0) is 19.2. The molecule has 0 aliphatic rings. The first-order chi connectivity index (χ1) is 11.7. The van der Waals surface area contributed by atoms with Crippen molar-refractivity contribution in [1.82, 2.24) is 9.21 Å². The fourth-order valence-corrected chi connectivity index (χ4v) is 3.65. The van der Waals surface area contributed by atoms with Crippen LogP contribution in [-0.2, 0) is 10.0 Å². The van der Waals surface area contributed by atoms with Crippen LogP contribution in [0.15, 0.2) is 23.1 Å². The quantitative estimate of drug-likeness (QED) is 0.715. The van der Waals surface area contributed by atoms with Crippen LogP contribution in [0.5, 0.6) is 0 Å². The normalized spacial score (nSPS) is 11.6. The summed E-state index contributed by atoms with van der Waals surface area (Å²) in [6.07, 6.45) is 1.57. The van der Waals surface area contributed by atoms with E-state index >= 15 is 0 Å². The predicted molar refractivity (Wildman–Crippen MR) is 96.9 cm³/mol. The molecule has 7 nitrogen and oxygen atoms in total. The van der Waals surface area contributed by atoms with Crippen LogP contribution in [0, 0.1) is 0 Å². The SMILES string of the molecule is CCCN(CCC)C(=O)c1cc(C(N)=O)cc(S(=O)(=O)N(C)CC)c1. The van der Waals surface area contributed by atoms with Crippen LogP contribution in [0.4, 0.5) is 0 Å². The number of carbonyl (C=O) groups is 2. The van der Waals surface area contributed by atoms with Crippen molar-refractivity contribution in [2.24, 2.45) is 5.73 Å². The van der Waals surface area contributed by atoms with Crippen molar-refractivity contribution in [1.29, 1.82) is 0 Å². The first kappa shape index (κ1) is 21.1. The van der Waals surface area contributed by atoms with Crippen molar-refractivity contribution in [3.05, 3.63) is 29.3 Å². The average molecular weight is 369 g/mol. The van der Waals surface area contributed by atoms with Gasteiger partial charge in [0.1, 0.15) is 0 Å². The highest BCUT2D eigenvalue weighted by Gasteiger charge is 2.24. The Morgan fingerprint density at radius 1 is 1.00 bits per heavy atom. The molecule has 0 aromatic heterocycles. The largest absolute Gasteiger partial charge is 0.366 e. The molecular weight excluding hydrogens is 342 g/mol. The molecule has 1 rings (SSSR count). The van der Waals surface area contributed by atoms with Gasteiger partial charge in [-0.05, 0) is 31.0 Å². The number of hydrogen-bond donors (Lipinski definition) is 1. The van der Waals surface area contributed by atoms with Crippen LogP contribution in [0.25, 0.3) is 0 Å². The lowest BCUT2D eigenvalue weighted by Crippen LogP contribution is -2.33. The van der Waals surface area contributed by atoms with Crippen LogP contribution in [0.1, 0.15) is 54.3 Å². The molecule has 0 unspecified atom stereocenters. The Morgan fingerprint density at radius 3 is 1.96 bits per heavy atom. The number of carbonyl (C=O) groups excluding carboxylic acids is 2. The van der Waals surface area contributed by atoms with E-state index in [2.05, 4.69) is 0 Å². The van der Waals surface area contributed by atoms with E-state index in [1.54, 1.807) is 11.8 Å². The van der Waals surface area contributed by atoms with Gasteiger partial charge in [0.05, 0.1) is 4.90 Å². The number of sulfonamides is 1. The third kappa shape index (κ3) is 5.02. The summed E-state index contributed by atoms with van der Waals surface area (Å²) < 4.78 is 26.3. The maximum Gasteiger partial charge on any atom is 0.253 e. The molecule has 0 radical (unpaired) electrons. The Bertz CT molecular complexity index is 725. The van der Waals surface area contributed by atoms with E-state index in [9.17, 15) is 18.0 Å². The molecule has 2 amide bonds. The van der Waals surface area contributed by atoms with Gasteiger partial charge in [0.25, 0.3) is 5.91 Å². The summed E-state index contributed by atoms with van der Waals surface area (Å²) in [6.45, 7) is 7.01. The van der Waals surface area contributed by atoms with Crippen molar-refractivity contribution >= 4 is 21.8 Å². The third-order valence-corrected chi connectivity index (χ3v) is 5.78. The summed E-state index contributed by atoms with van der Waals surface area (Å²) in [5, 5.41) is 0. The van der Waals surface area contributed by atoms with Gasteiger partial charge in [-0.15, -0.1) is 0 Å². The van der Waals surface area contributed by atoms with Gasteiger partial charge in [0.15, 0.2) is 0 Å². The van der Waals surface area contributed by atoms with Gasteiger partial charge >= 0.3 is 0 Å². The summed E-state index contributed by atoms with van der Waals surface area (Å²) >= 11 is 0. The summed E-state index contributed by atoms with van der Waals surface area (Å²) in [5.41, 5.74) is 5.48. The smallest absolute Gasteiger partial charge is 0.253 e. The number of benzene rings is 1. The van der Waals surface area contributed by atoms with Gasteiger partial charge < -0.3 is 10.6 Å². The first-order valence-electron chi connectivity index (χ1n) is 8.39. The van der Waals surface area contributed by atoms with Crippen LogP contribution in [0.2, 0.25) is 0 Å². The summed E-state index contributed by atoms with van der Waals surface area (Å²) in [7, 11) is -2.36. The van der Waals surface area contributed by atoms with E-state index < -0.39 is 15.9 Å². The fourth-order valence-electron chi connectivity index (χ4n) is 2.40. The second-order valence-corrected chi connectivity index (χ2v) is 7.87.